The Balaban J connectivity index is 1.11. The Labute approximate surface area is 354 Å². The highest BCUT2D eigenvalue weighted by Gasteiger charge is 2.40. The average molecular weight is 800 g/mol. The summed E-state index contributed by atoms with van der Waals surface area (Å²) in [7, 11) is 2.49. The van der Waals surface area contributed by atoms with Gasteiger partial charge in [0.25, 0.3) is 0 Å². The van der Waals surface area contributed by atoms with Crippen LogP contribution in [0.2, 0.25) is 0 Å². The second kappa shape index (κ2) is 11.1. The minimum Gasteiger partial charge on any atom is -0.346 e. The molecule has 6 aromatic carbocycles. The Morgan fingerprint density at radius 2 is 1.15 bits per heavy atom. The molecule has 13 rings (SSSR count). The van der Waals surface area contributed by atoms with Gasteiger partial charge in [0.05, 0.1) is 15.7 Å². The highest BCUT2D eigenvalue weighted by atomic mass is 32.1. The molecule has 59 heavy (non-hydrogen) atoms. The van der Waals surface area contributed by atoms with Crippen molar-refractivity contribution in [2.75, 3.05) is 0 Å². The van der Waals surface area contributed by atoms with E-state index in [0.29, 0.717) is 0 Å². The lowest BCUT2D eigenvalue weighted by Crippen LogP contribution is -2.37. The molecule has 0 spiro atoms. The first kappa shape index (κ1) is 35.0. The monoisotopic (exact) mass is 799 g/mol. The fourth-order valence-electron chi connectivity index (χ4n) is 11.9. The number of rotatable bonds is 1. The second-order valence-corrected chi connectivity index (χ2v) is 23.0. The molecule has 0 amide bonds. The largest absolute Gasteiger partial charge is 0.346 e. The lowest BCUT2D eigenvalue weighted by atomic mass is 9.58. The van der Waals surface area contributed by atoms with Crippen molar-refractivity contribution in [3.63, 3.8) is 0 Å². The van der Waals surface area contributed by atoms with Gasteiger partial charge in [-0.15, -0.1) is 22.7 Å². The number of nitrogens with zero attached hydrogens (tertiary/aromatic N) is 1. The van der Waals surface area contributed by atoms with Crippen LogP contribution in [0.4, 0.5) is 0 Å². The van der Waals surface area contributed by atoms with Crippen LogP contribution in [-0.4, -0.2) is 16.8 Å². The summed E-state index contributed by atoms with van der Waals surface area (Å²) >= 11 is 3.92. The highest BCUT2D eigenvalue weighted by Crippen LogP contribution is 2.53. The Morgan fingerprint density at radius 3 is 1.86 bits per heavy atom. The van der Waals surface area contributed by atoms with Crippen LogP contribution >= 0.6 is 22.7 Å². The van der Waals surface area contributed by atoms with Gasteiger partial charge >= 0.3 is 0 Å². The van der Waals surface area contributed by atoms with Crippen molar-refractivity contribution < 1.29 is 0 Å². The fourth-order valence-corrected chi connectivity index (χ4v) is 14.2. The Kier molecular flexibility index (Phi) is 6.58. The van der Waals surface area contributed by atoms with Crippen LogP contribution in [0, 0.1) is 0 Å². The summed E-state index contributed by atoms with van der Waals surface area (Å²) in [4.78, 5) is 5.34. The maximum absolute atomic E-state index is 4.06. The molecule has 1 N–H and O–H groups in total. The van der Waals surface area contributed by atoms with E-state index in [2.05, 4.69) is 163 Å². The summed E-state index contributed by atoms with van der Waals surface area (Å²) in [5, 5.41) is 9.41. The van der Waals surface area contributed by atoms with E-state index < -0.39 is 0 Å². The predicted octanol–water partition coefficient (Wildman–Crippen LogP) is 14.3. The van der Waals surface area contributed by atoms with Gasteiger partial charge in [-0.3, -0.25) is 0 Å². The summed E-state index contributed by atoms with van der Waals surface area (Å²) in [5.74, 6) is 0. The molecule has 1 aliphatic heterocycles. The van der Waals surface area contributed by atoms with Crippen molar-refractivity contribution in [2.45, 2.75) is 103 Å². The predicted molar refractivity (Wildman–Crippen MR) is 259 cm³/mol. The van der Waals surface area contributed by atoms with Gasteiger partial charge in [0.1, 0.15) is 4.83 Å². The smallest absolute Gasteiger partial charge is 0.197 e. The van der Waals surface area contributed by atoms with Gasteiger partial charge in [-0.1, -0.05) is 122 Å². The Hall–Kier alpha value is -4.84. The fraction of sp³-hybridized carbons (Fsp3) is 0.296. The normalized spacial score (nSPS) is 18.6. The molecule has 0 unspecified atom stereocenters. The van der Waals surface area contributed by atoms with Gasteiger partial charge in [0.15, 0.2) is 7.28 Å². The topological polar surface area (TPSA) is 20.7 Å². The molecular weight excluding hydrogens is 752 g/mol. The number of benzene rings is 6. The molecule has 2 aliphatic carbocycles. The van der Waals surface area contributed by atoms with Crippen LogP contribution in [0.1, 0.15) is 103 Å². The van der Waals surface area contributed by atoms with E-state index in [1.54, 1.807) is 0 Å². The first-order valence-corrected chi connectivity index (χ1v) is 23.3. The third-order valence-electron chi connectivity index (χ3n) is 15.5. The van der Waals surface area contributed by atoms with Crippen LogP contribution in [0.25, 0.3) is 90.0 Å². The maximum atomic E-state index is 4.06. The van der Waals surface area contributed by atoms with E-state index in [1.165, 1.54) is 149 Å². The summed E-state index contributed by atoms with van der Waals surface area (Å²) < 4.78 is 6.86. The third-order valence-corrected chi connectivity index (χ3v) is 17.7. The molecule has 4 aromatic heterocycles. The molecule has 289 valence electrons. The SMILES string of the molecule is CC1(C)CCC(C)(C)c2cc3c(cc21)sc1[nH]c2c(-c4c5c(cc6ccccc46)-n4c6c(cccc6c6sc7cc8c(cc7c64)C(C)(C)CCC8(C)C)[B]5)cccc2c13. The minimum atomic E-state index is 0.140. The molecule has 0 fully saturated rings. The van der Waals surface area contributed by atoms with Gasteiger partial charge in [0.2, 0.25) is 0 Å². The molecule has 2 nitrogen and oxygen atoms in total. The van der Waals surface area contributed by atoms with E-state index in [4.69, 9.17) is 0 Å². The molecule has 10 aromatic rings. The van der Waals surface area contributed by atoms with Gasteiger partial charge in [-0.05, 0) is 122 Å². The van der Waals surface area contributed by atoms with Crippen LogP contribution < -0.4 is 10.9 Å². The van der Waals surface area contributed by atoms with E-state index >= 15 is 0 Å². The summed E-state index contributed by atoms with van der Waals surface area (Å²) in [5.41, 5.74) is 17.2. The summed E-state index contributed by atoms with van der Waals surface area (Å²) in [6.07, 6.45) is 4.88. The number of para-hydroxylation sites is 2. The van der Waals surface area contributed by atoms with Crippen LogP contribution in [0.5, 0.6) is 0 Å². The number of hydrogen-bond donors (Lipinski definition) is 1. The van der Waals surface area contributed by atoms with E-state index in [1.807, 2.05) is 22.7 Å². The molecule has 5 heteroatoms. The molecule has 0 saturated heterocycles. The zero-order valence-corrected chi connectivity index (χ0v) is 37.0. The second-order valence-electron chi connectivity index (χ2n) is 20.9. The first-order valence-electron chi connectivity index (χ1n) is 21.7. The molecule has 5 heterocycles. The maximum Gasteiger partial charge on any atom is 0.197 e. The third kappa shape index (κ3) is 4.48. The van der Waals surface area contributed by atoms with E-state index in [0.717, 1.165) is 0 Å². The zero-order chi connectivity index (χ0) is 40.1. The summed E-state index contributed by atoms with van der Waals surface area (Å²) in [6, 6.07) is 35.8. The van der Waals surface area contributed by atoms with Gasteiger partial charge in [-0.25, -0.2) is 0 Å². The number of thiophene rings is 2. The average Bonchev–Trinajstić information content (AvgIpc) is 3.95. The van der Waals surface area contributed by atoms with E-state index in [-0.39, 0.29) is 21.7 Å². The summed E-state index contributed by atoms with van der Waals surface area (Å²) in [6.45, 7) is 19.6. The van der Waals surface area contributed by atoms with Gasteiger partial charge in [0, 0.05) is 53.1 Å². The number of H-pyrrole nitrogens is 1. The van der Waals surface area contributed by atoms with Crippen molar-refractivity contribution in [3.05, 3.63) is 113 Å². The standard InChI is InChI=1S/C54H48BN2S2/c1-51(2)19-21-53(5,6)37-26-41-33(24-35(37)51)44-31-16-11-15-30(46(31)56-50(44)59-41)43-29-14-10-9-13-28(29)23-40-45(43)55-39-18-12-17-32-47(39)57(40)48-34-25-36-38(27-42(34)58-49(32)48)54(7,8)22-20-52(36,3)4/h9-18,23-27,56H,19-22H2,1-8H3. The van der Waals surface area contributed by atoms with Crippen LogP contribution in [0.3, 0.4) is 0 Å². The molecule has 0 saturated carbocycles. The van der Waals surface area contributed by atoms with Crippen molar-refractivity contribution in [3.8, 4) is 16.8 Å². The number of aromatic amines is 1. The molecular formula is C54H48BN2S2. The van der Waals surface area contributed by atoms with Crippen molar-refractivity contribution >= 4 is 114 Å². The van der Waals surface area contributed by atoms with Crippen LogP contribution in [0.15, 0.2) is 91.0 Å². The van der Waals surface area contributed by atoms with Crippen molar-refractivity contribution in [1.82, 2.24) is 9.55 Å². The van der Waals surface area contributed by atoms with Crippen LogP contribution in [-0.2, 0) is 21.7 Å². The first-order chi connectivity index (χ1) is 28.2. The Morgan fingerprint density at radius 1 is 0.559 bits per heavy atom. The lowest BCUT2D eigenvalue weighted by molar-refractivity contribution is 0.332. The molecule has 0 bridgehead atoms. The number of nitrogens with one attached hydrogen (secondary N) is 1. The number of fused-ring (bicyclic) bond motifs is 15. The highest BCUT2D eigenvalue weighted by molar-refractivity contribution is 7.27. The quantitative estimate of drug-likeness (QED) is 0.160. The molecule has 1 radical (unpaired) electrons. The molecule has 0 atom stereocenters. The van der Waals surface area contributed by atoms with Crippen molar-refractivity contribution in [1.29, 1.82) is 0 Å². The molecule has 3 aliphatic rings. The number of hydrogen-bond acceptors (Lipinski definition) is 2. The lowest BCUT2D eigenvalue weighted by Gasteiger charge is -2.41. The van der Waals surface area contributed by atoms with Gasteiger partial charge < -0.3 is 9.55 Å². The van der Waals surface area contributed by atoms with E-state index in [9.17, 15) is 0 Å². The number of aromatic nitrogens is 2. The van der Waals surface area contributed by atoms with Crippen molar-refractivity contribution in [2.24, 2.45) is 0 Å². The zero-order valence-electron chi connectivity index (χ0n) is 35.3. The minimum absolute atomic E-state index is 0.140. The van der Waals surface area contributed by atoms with Gasteiger partial charge in [-0.2, -0.15) is 0 Å². The Bertz CT molecular complexity index is 3540.